The van der Waals surface area contributed by atoms with Crippen LogP contribution in [0.4, 0.5) is 0 Å². The van der Waals surface area contributed by atoms with Gasteiger partial charge in [-0.25, -0.2) is 4.98 Å². The highest BCUT2D eigenvalue weighted by Gasteiger charge is 2.07. The molecule has 6 heteroatoms. The molecule has 0 amide bonds. The number of rotatable bonds is 6. The molecule has 120 valence electrons. The second-order valence-corrected chi connectivity index (χ2v) is 7.63. The molecule has 2 aromatic heterocycles. The van der Waals surface area contributed by atoms with E-state index in [2.05, 4.69) is 9.97 Å². The molecular formula is C17H18N2O2S2. The van der Waals surface area contributed by atoms with E-state index < -0.39 is 0 Å². The van der Waals surface area contributed by atoms with Crippen molar-refractivity contribution >= 4 is 33.3 Å². The Hall–Kier alpha value is -1.79. The number of hydrogen-bond donors (Lipinski definition) is 1. The summed E-state index contributed by atoms with van der Waals surface area (Å²) in [6, 6.07) is 9.92. The van der Waals surface area contributed by atoms with Crippen molar-refractivity contribution in [2.45, 2.75) is 25.4 Å². The summed E-state index contributed by atoms with van der Waals surface area (Å²) in [5.41, 5.74) is 1.14. The van der Waals surface area contributed by atoms with Gasteiger partial charge in [-0.2, -0.15) is 0 Å². The summed E-state index contributed by atoms with van der Waals surface area (Å²) in [6.45, 7) is 4.69. The van der Waals surface area contributed by atoms with Gasteiger partial charge in [-0.15, -0.1) is 11.3 Å². The number of thioether (sulfide) groups is 1. The first-order valence-corrected chi connectivity index (χ1v) is 9.25. The summed E-state index contributed by atoms with van der Waals surface area (Å²) in [4.78, 5) is 21.3. The summed E-state index contributed by atoms with van der Waals surface area (Å²) in [5.74, 6) is 1.75. The lowest BCUT2D eigenvalue weighted by atomic mass is 10.2. The van der Waals surface area contributed by atoms with Crippen LogP contribution in [0.5, 0.6) is 5.75 Å². The minimum absolute atomic E-state index is 0.0575. The van der Waals surface area contributed by atoms with Gasteiger partial charge in [-0.1, -0.05) is 23.9 Å². The van der Waals surface area contributed by atoms with Gasteiger partial charge in [0.15, 0.2) is 5.16 Å². The standard InChI is InChI=1S/C17H18N2O2S2/c1-11-5-3-6-13(9-11)21-7-4-8-22-17-18-15(20)14-10-12(2)23-16(14)19-17/h3,5-6,9-10H,4,7-8H2,1-2H3,(H,18,19,20). The first-order valence-electron chi connectivity index (χ1n) is 7.44. The topological polar surface area (TPSA) is 55.0 Å². The number of thiophene rings is 1. The average Bonchev–Trinajstić information content (AvgIpc) is 2.88. The number of H-pyrrole nitrogens is 1. The Balaban J connectivity index is 1.52. The molecule has 23 heavy (non-hydrogen) atoms. The molecule has 0 aliphatic carbocycles. The van der Waals surface area contributed by atoms with E-state index in [-0.39, 0.29) is 5.56 Å². The van der Waals surface area contributed by atoms with Crippen LogP contribution in [0.1, 0.15) is 16.9 Å². The predicted molar refractivity (Wildman–Crippen MR) is 97.0 cm³/mol. The van der Waals surface area contributed by atoms with Crippen molar-refractivity contribution in [3.63, 3.8) is 0 Å². The van der Waals surface area contributed by atoms with Crippen molar-refractivity contribution in [2.24, 2.45) is 0 Å². The van der Waals surface area contributed by atoms with Crippen LogP contribution >= 0.6 is 23.1 Å². The Morgan fingerprint density at radius 2 is 2.17 bits per heavy atom. The minimum Gasteiger partial charge on any atom is -0.494 e. The first kappa shape index (κ1) is 16.1. The van der Waals surface area contributed by atoms with Gasteiger partial charge in [0.1, 0.15) is 10.6 Å². The third-order valence-corrected chi connectivity index (χ3v) is 5.19. The van der Waals surface area contributed by atoms with Crippen molar-refractivity contribution < 1.29 is 4.74 Å². The number of ether oxygens (including phenoxy) is 1. The Kier molecular flexibility index (Phi) is 5.03. The van der Waals surface area contributed by atoms with Crippen LogP contribution < -0.4 is 10.3 Å². The normalized spacial score (nSPS) is 11.0. The van der Waals surface area contributed by atoms with Crippen LogP contribution in [-0.4, -0.2) is 22.3 Å². The van der Waals surface area contributed by atoms with Gasteiger partial charge < -0.3 is 9.72 Å². The smallest absolute Gasteiger partial charge is 0.260 e. The van der Waals surface area contributed by atoms with Crippen LogP contribution in [0.3, 0.4) is 0 Å². The molecule has 1 aromatic carbocycles. The van der Waals surface area contributed by atoms with Crippen LogP contribution in [0.15, 0.2) is 40.3 Å². The molecule has 0 atom stereocenters. The molecular weight excluding hydrogens is 328 g/mol. The summed E-state index contributed by atoms with van der Waals surface area (Å²) >= 11 is 3.11. The molecule has 0 unspecified atom stereocenters. The molecule has 0 fully saturated rings. The van der Waals surface area contributed by atoms with Gasteiger partial charge in [-0.05, 0) is 44.0 Å². The Bertz CT molecular complexity index is 870. The largest absolute Gasteiger partial charge is 0.494 e. The number of nitrogens with one attached hydrogen (secondary N) is 1. The quantitative estimate of drug-likeness (QED) is 0.414. The molecule has 0 saturated carbocycles. The molecule has 4 nitrogen and oxygen atoms in total. The second kappa shape index (κ2) is 7.19. The number of aryl methyl sites for hydroxylation is 2. The predicted octanol–water partition coefficient (Wildman–Crippen LogP) is 4.16. The Morgan fingerprint density at radius 1 is 1.30 bits per heavy atom. The fourth-order valence-corrected chi connectivity index (χ4v) is 3.94. The number of hydrogen-bond acceptors (Lipinski definition) is 5. The van der Waals surface area contributed by atoms with Crippen molar-refractivity contribution in [3.8, 4) is 5.75 Å². The molecule has 0 radical (unpaired) electrons. The minimum atomic E-state index is -0.0575. The maximum Gasteiger partial charge on any atom is 0.260 e. The SMILES string of the molecule is Cc1cccc(OCCCSc2nc3sc(C)cc3c(=O)[nH]2)c1. The summed E-state index contributed by atoms with van der Waals surface area (Å²) in [5, 5.41) is 1.36. The summed E-state index contributed by atoms with van der Waals surface area (Å²) in [6.07, 6.45) is 0.893. The van der Waals surface area contributed by atoms with E-state index in [1.54, 1.807) is 23.1 Å². The molecule has 0 aliphatic rings. The summed E-state index contributed by atoms with van der Waals surface area (Å²) in [7, 11) is 0. The summed E-state index contributed by atoms with van der Waals surface area (Å²) < 4.78 is 5.72. The molecule has 0 aliphatic heterocycles. The number of benzene rings is 1. The monoisotopic (exact) mass is 346 g/mol. The van der Waals surface area contributed by atoms with Crippen LogP contribution in [0.2, 0.25) is 0 Å². The Morgan fingerprint density at radius 3 is 3.00 bits per heavy atom. The highest BCUT2D eigenvalue weighted by molar-refractivity contribution is 7.99. The zero-order chi connectivity index (χ0) is 16.2. The van der Waals surface area contributed by atoms with Crippen molar-refractivity contribution in [1.29, 1.82) is 0 Å². The van der Waals surface area contributed by atoms with Gasteiger partial charge in [-0.3, -0.25) is 4.79 Å². The fraction of sp³-hybridized carbons (Fsp3) is 0.294. The first-order chi connectivity index (χ1) is 11.1. The zero-order valence-electron chi connectivity index (χ0n) is 13.1. The molecule has 0 saturated heterocycles. The van der Waals surface area contributed by atoms with Gasteiger partial charge in [0.25, 0.3) is 5.56 Å². The maximum atomic E-state index is 12.0. The van der Waals surface area contributed by atoms with Crippen LogP contribution in [-0.2, 0) is 0 Å². The number of aromatic nitrogens is 2. The van der Waals surface area contributed by atoms with Crippen LogP contribution in [0.25, 0.3) is 10.2 Å². The lowest BCUT2D eigenvalue weighted by molar-refractivity contribution is 0.318. The van der Waals surface area contributed by atoms with Gasteiger partial charge >= 0.3 is 0 Å². The molecule has 1 N–H and O–H groups in total. The maximum absolute atomic E-state index is 12.0. The number of aromatic amines is 1. The molecule has 0 bridgehead atoms. The molecule has 3 rings (SSSR count). The van der Waals surface area contributed by atoms with E-state index in [0.29, 0.717) is 17.1 Å². The third kappa shape index (κ3) is 4.14. The Labute approximate surface area is 142 Å². The van der Waals surface area contributed by atoms with E-state index >= 15 is 0 Å². The number of fused-ring (bicyclic) bond motifs is 1. The van der Waals surface area contributed by atoms with E-state index in [4.69, 9.17) is 4.74 Å². The average molecular weight is 346 g/mol. The second-order valence-electron chi connectivity index (χ2n) is 5.31. The van der Waals surface area contributed by atoms with Crippen LogP contribution in [0, 0.1) is 13.8 Å². The van der Waals surface area contributed by atoms with E-state index in [1.807, 2.05) is 44.2 Å². The fourth-order valence-electron chi connectivity index (χ4n) is 2.22. The van der Waals surface area contributed by atoms with Crippen molar-refractivity contribution in [1.82, 2.24) is 9.97 Å². The van der Waals surface area contributed by atoms with E-state index in [0.717, 1.165) is 27.6 Å². The van der Waals surface area contributed by atoms with Gasteiger partial charge in [0, 0.05) is 10.6 Å². The van der Waals surface area contributed by atoms with Gasteiger partial charge in [0.2, 0.25) is 0 Å². The zero-order valence-corrected chi connectivity index (χ0v) is 14.7. The van der Waals surface area contributed by atoms with Gasteiger partial charge in [0.05, 0.1) is 12.0 Å². The third-order valence-electron chi connectivity index (χ3n) is 3.29. The van der Waals surface area contributed by atoms with E-state index in [9.17, 15) is 4.79 Å². The number of nitrogens with zero attached hydrogens (tertiary/aromatic N) is 1. The highest BCUT2D eigenvalue weighted by Crippen LogP contribution is 2.22. The van der Waals surface area contributed by atoms with Crippen molar-refractivity contribution in [2.75, 3.05) is 12.4 Å². The molecule has 2 heterocycles. The lowest BCUT2D eigenvalue weighted by Crippen LogP contribution is -2.08. The molecule has 0 spiro atoms. The lowest BCUT2D eigenvalue weighted by Gasteiger charge is -2.06. The van der Waals surface area contributed by atoms with Crippen molar-refractivity contribution in [3.05, 3.63) is 51.1 Å². The van der Waals surface area contributed by atoms with E-state index in [1.165, 1.54) is 5.56 Å². The highest BCUT2D eigenvalue weighted by atomic mass is 32.2. The molecule has 3 aromatic rings.